The van der Waals surface area contributed by atoms with E-state index in [1.807, 2.05) is 41.5 Å². The summed E-state index contributed by atoms with van der Waals surface area (Å²) < 4.78 is 0. The smallest absolute Gasteiger partial charge is 0.264 e. The van der Waals surface area contributed by atoms with Gasteiger partial charge in [-0.2, -0.15) is 0 Å². The summed E-state index contributed by atoms with van der Waals surface area (Å²) in [5, 5.41) is 0. The molecule has 1 heterocycles. The molecule has 1 aliphatic heterocycles. The zero-order valence-corrected chi connectivity index (χ0v) is 19.8. The maximum atomic E-state index is 13.7. The Balaban J connectivity index is 0.00000450. The topological polar surface area (TPSA) is 110 Å². The van der Waals surface area contributed by atoms with Crippen molar-refractivity contribution in [1.82, 2.24) is 0 Å². The molecule has 0 bridgehead atoms. The minimum atomic E-state index is -2.37. The van der Waals surface area contributed by atoms with E-state index in [2.05, 4.69) is 0 Å². The van der Waals surface area contributed by atoms with Gasteiger partial charge in [0.05, 0.1) is 17.4 Å². The summed E-state index contributed by atoms with van der Waals surface area (Å²) in [6.07, 6.45) is 0. The van der Waals surface area contributed by atoms with Crippen molar-refractivity contribution in [3.63, 3.8) is 0 Å². The number of fused-ring (bicyclic) bond motifs is 1. The Morgan fingerprint density at radius 3 is 1.53 bits per heavy atom. The van der Waals surface area contributed by atoms with Crippen molar-refractivity contribution in [2.45, 2.75) is 60.0 Å². The lowest BCUT2D eigenvalue weighted by Gasteiger charge is -2.35. The SMILES string of the molecule is C[C@H](N)C(=O)C1(N)C(=O)N(CC(C)(C)C)c2ccccc2N(CC(C)(C)C)C1=O.Cl. The number of carbonyl (C=O) groups excluding carboxylic acids is 3. The number of para-hydroxylation sites is 2. The van der Waals surface area contributed by atoms with Gasteiger partial charge in [0.1, 0.15) is 0 Å². The van der Waals surface area contributed by atoms with E-state index in [1.165, 1.54) is 16.7 Å². The fourth-order valence-electron chi connectivity index (χ4n) is 3.49. The molecule has 0 unspecified atom stereocenters. The summed E-state index contributed by atoms with van der Waals surface area (Å²) in [7, 11) is 0. The number of nitrogens with two attached hydrogens (primary N) is 2. The molecule has 4 N–H and O–H groups in total. The molecule has 1 aromatic carbocycles. The lowest BCUT2D eigenvalue weighted by Crippen LogP contribution is -2.71. The highest BCUT2D eigenvalue weighted by Crippen LogP contribution is 2.38. The molecule has 8 heteroatoms. The highest BCUT2D eigenvalue weighted by Gasteiger charge is 2.57. The van der Waals surface area contributed by atoms with Gasteiger partial charge in [-0.1, -0.05) is 53.7 Å². The number of carbonyl (C=O) groups is 3. The van der Waals surface area contributed by atoms with E-state index in [1.54, 1.807) is 24.3 Å². The number of Topliss-reactive ketones (excluding diaryl/α,β-unsaturated/α-hetero) is 1. The molecule has 2 rings (SSSR count). The molecule has 1 aromatic rings. The number of amides is 2. The highest BCUT2D eigenvalue weighted by atomic mass is 35.5. The third-order valence-corrected chi connectivity index (χ3v) is 4.70. The Labute approximate surface area is 185 Å². The Bertz CT molecular complexity index is 769. The molecule has 0 aromatic heterocycles. The van der Waals surface area contributed by atoms with Crippen LogP contribution in [-0.2, 0) is 14.4 Å². The van der Waals surface area contributed by atoms with E-state index in [0.29, 0.717) is 24.5 Å². The Morgan fingerprint density at radius 1 is 0.933 bits per heavy atom. The maximum absolute atomic E-state index is 13.7. The molecule has 1 aliphatic rings. The van der Waals surface area contributed by atoms with Crippen molar-refractivity contribution < 1.29 is 14.4 Å². The fraction of sp³-hybridized carbons (Fsp3) is 0.591. The summed E-state index contributed by atoms with van der Waals surface area (Å²) in [5.74, 6) is -2.25. The van der Waals surface area contributed by atoms with Crippen molar-refractivity contribution in [1.29, 1.82) is 0 Å². The van der Waals surface area contributed by atoms with E-state index in [-0.39, 0.29) is 23.2 Å². The van der Waals surface area contributed by atoms with Gasteiger partial charge in [-0.25, -0.2) is 0 Å². The molecule has 0 aliphatic carbocycles. The third kappa shape index (κ3) is 5.02. The summed E-state index contributed by atoms with van der Waals surface area (Å²) in [6, 6.07) is 6.12. The van der Waals surface area contributed by atoms with Crippen molar-refractivity contribution >= 4 is 41.4 Å². The number of ketones is 1. The quantitative estimate of drug-likeness (QED) is 0.701. The van der Waals surface area contributed by atoms with Gasteiger partial charge in [0.15, 0.2) is 5.78 Å². The third-order valence-electron chi connectivity index (χ3n) is 4.70. The van der Waals surface area contributed by atoms with Crippen LogP contribution in [0.2, 0.25) is 0 Å². The van der Waals surface area contributed by atoms with E-state index in [0.717, 1.165) is 0 Å². The Kier molecular flexibility index (Phi) is 7.52. The number of rotatable bonds is 4. The number of nitrogens with zero attached hydrogens (tertiary/aromatic N) is 2. The lowest BCUT2D eigenvalue weighted by molar-refractivity contribution is -0.142. The van der Waals surface area contributed by atoms with Gasteiger partial charge < -0.3 is 21.3 Å². The van der Waals surface area contributed by atoms with Crippen molar-refractivity contribution in [3.8, 4) is 0 Å². The first-order valence-electron chi connectivity index (χ1n) is 9.91. The van der Waals surface area contributed by atoms with Gasteiger partial charge in [0, 0.05) is 13.1 Å². The summed E-state index contributed by atoms with van der Waals surface area (Å²) in [4.78, 5) is 43.3. The van der Waals surface area contributed by atoms with Crippen LogP contribution in [0, 0.1) is 10.8 Å². The zero-order chi connectivity index (χ0) is 22.4. The van der Waals surface area contributed by atoms with E-state index in [9.17, 15) is 14.4 Å². The normalized spacial score (nSPS) is 17.8. The molecule has 7 nitrogen and oxygen atoms in total. The molecule has 0 fully saturated rings. The predicted molar refractivity (Wildman–Crippen MR) is 123 cm³/mol. The van der Waals surface area contributed by atoms with Gasteiger partial charge in [0.2, 0.25) is 5.54 Å². The van der Waals surface area contributed by atoms with Crippen LogP contribution >= 0.6 is 12.4 Å². The van der Waals surface area contributed by atoms with Gasteiger partial charge in [-0.05, 0) is 29.9 Å². The van der Waals surface area contributed by atoms with E-state index >= 15 is 0 Å². The predicted octanol–water partition coefficient (Wildman–Crippen LogP) is 2.49. The van der Waals surface area contributed by atoms with Gasteiger partial charge in [-0.3, -0.25) is 14.4 Å². The number of benzene rings is 1. The summed E-state index contributed by atoms with van der Waals surface area (Å²) >= 11 is 0. The van der Waals surface area contributed by atoms with Crippen LogP contribution in [0.3, 0.4) is 0 Å². The molecular formula is C22H35ClN4O3. The lowest BCUT2D eigenvalue weighted by atomic mass is 9.86. The molecule has 0 radical (unpaired) electrons. The minimum Gasteiger partial charge on any atom is -0.322 e. The van der Waals surface area contributed by atoms with E-state index < -0.39 is 29.2 Å². The van der Waals surface area contributed by atoms with Crippen LogP contribution < -0.4 is 21.3 Å². The first kappa shape index (κ1) is 26.1. The van der Waals surface area contributed by atoms with Crippen LogP contribution in [0.5, 0.6) is 0 Å². The standard InChI is InChI=1S/C22H34N4O3.ClH/c1-14(23)17(27)22(24)18(28)25(12-20(2,3)4)15-10-8-9-11-16(15)26(19(22)29)13-21(5,6)7;/h8-11,14H,12-13,23-24H2,1-7H3;1H/t14-;/m0./s1. The molecule has 30 heavy (non-hydrogen) atoms. The summed E-state index contributed by atoms with van der Waals surface area (Å²) in [6.45, 7) is 13.9. The summed E-state index contributed by atoms with van der Waals surface area (Å²) in [5.41, 5.74) is 10.4. The van der Waals surface area contributed by atoms with Crippen LogP contribution in [0.1, 0.15) is 48.5 Å². The average molecular weight is 439 g/mol. The molecule has 0 saturated carbocycles. The van der Waals surface area contributed by atoms with Gasteiger partial charge in [0.25, 0.3) is 11.8 Å². The van der Waals surface area contributed by atoms with Crippen LogP contribution in [0.25, 0.3) is 0 Å². The second-order valence-electron chi connectivity index (χ2n) is 10.4. The molecular weight excluding hydrogens is 404 g/mol. The molecule has 168 valence electrons. The number of anilines is 2. The number of hydrogen-bond acceptors (Lipinski definition) is 5. The van der Waals surface area contributed by atoms with Crippen LogP contribution in [0.4, 0.5) is 11.4 Å². The molecule has 0 saturated heterocycles. The largest absolute Gasteiger partial charge is 0.322 e. The molecule has 1 atom stereocenters. The van der Waals surface area contributed by atoms with Gasteiger partial charge in [-0.15, -0.1) is 12.4 Å². The number of hydrogen-bond donors (Lipinski definition) is 2. The first-order valence-corrected chi connectivity index (χ1v) is 9.91. The number of halogens is 1. The monoisotopic (exact) mass is 438 g/mol. The Morgan fingerprint density at radius 2 is 1.27 bits per heavy atom. The molecule has 0 spiro atoms. The van der Waals surface area contributed by atoms with Crippen molar-refractivity contribution in [2.75, 3.05) is 22.9 Å². The molecule has 2 amide bonds. The van der Waals surface area contributed by atoms with Crippen molar-refractivity contribution in [2.24, 2.45) is 22.3 Å². The maximum Gasteiger partial charge on any atom is 0.264 e. The first-order chi connectivity index (χ1) is 13.1. The van der Waals surface area contributed by atoms with Gasteiger partial charge >= 0.3 is 0 Å². The minimum absolute atomic E-state index is 0. The van der Waals surface area contributed by atoms with Crippen LogP contribution in [0.15, 0.2) is 24.3 Å². The Hall–Kier alpha value is -1.96. The highest BCUT2D eigenvalue weighted by molar-refractivity contribution is 6.37. The zero-order valence-electron chi connectivity index (χ0n) is 19.0. The van der Waals surface area contributed by atoms with Crippen molar-refractivity contribution in [3.05, 3.63) is 24.3 Å². The average Bonchev–Trinajstić information content (AvgIpc) is 2.64. The second kappa shape index (κ2) is 8.65. The van der Waals surface area contributed by atoms with E-state index in [4.69, 9.17) is 11.5 Å². The second-order valence-corrected chi connectivity index (χ2v) is 10.4. The van der Waals surface area contributed by atoms with Crippen LogP contribution in [-0.4, -0.2) is 42.3 Å². The fourth-order valence-corrected chi connectivity index (χ4v) is 3.49.